The van der Waals surface area contributed by atoms with Gasteiger partial charge in [0.2, 0.25) is 0 Å². The van der Waals surface area contributed by atoms with Gasteiger partial charge in [-0.15, -0.1) is 0 Å². The van der Waals surface area contributed by atoms with E-state index in [9.17, 15) is 10.2 Å². The molecule has 1 aliphatic carbocycles. The second-order valence-electron chi connectivity index (χ2n) is 5.95. The maximum atomic E-state index is 10.5. The second-order valence-corrected chi connectivity index (χ2v) is 6.79. The summed E-state index contributed by atoms with van der Waals surface area (Å²) < 4.78 is 0. The number of benzene rings is 1. The molecule has 1 aliphatic rings. The number of nitrogens with one attached hydrogen (secondary N) is 1. The number of halogens is 2. The minimum absolute atomic E-state index is 0.350. The van der Waals surface area contributed by atoms with Crippen molar-refractivity contribution in [2.24, 2.45) is 0 Å². The standard InChI is InChI=1S/C16H23Cl2NO2/c17-12-5-6-14(18)13(9-12)15(20)10-19-11-16(21)7-3-1-2-4-8-16/h5-6,9,15,19-21H,1-4,7-8,10-11H2. The number of aliphatic hydroxyl groups is 2. The molecule has 0 aromatic heterocycles. The summed E-state index contributed by atoms with van der Waals surface area (Å²) in [7, 11) is 0. The summed E-state index contributed by atoms with van der Waals surface area (Å²) in [6, 6.07) is 5.06. The Morgan fingerprint density at radius 2 is 1.81 bits per heavy atom. The van der Waals surface area contributed by atoms with E-state index in [-0.39, 0.29) is 0 Å². The Morgan fingerprint density at radius 1 is 1.14 bits per heavy atom. The van der Waals surface area contributed by atoms with Crippen LogP contribution in [0.4, 0.5) is 0 Å². The van der Waals surface area contributed by atoms with E-state index in [0.717, 1.165) is 25.7 Å². The average Bonchev–Trinajstić information content (AvgIpc) is 2.66. The van der Waals surface area contributed by atoms with Crippen molar-refractivity contribution in [2.75, 3.05) is 13.1 Å². The first-order valence-electron chi connectivity index (χ1n) is 7.56. The average molecular weight is 332 g/mol. The maximum absolute atomic E-state index is 10.5. The zero-order chi connectivity index (χ0) is 15.3. The van der Waals surface area contributed by atoms with Gasteiger partial charge in [-0.1, -0.05) is 48.9 Å². The van der Waals surface area contributed by atoms with Gasteiger partial charge in [-0.3, -0.25) is 0 Å². The van der Waals surface area contributed by atoms with E-state index < -0.39 is 11.7 Å². The lowest BCUT2D eigenvalue weighted by molar-refractivity contribution is 0.0223. The number of aliphatic hydroxyl groups excluding tert-OH is 1. The van der Waals surface area contributed by atoms with Gasteiger partial charge in [0.25, 0.3) is 0 Å². The molecule has 0 amide bonds. The molecule has 1 saturated carbocycles. The summed E-state index contributed by atoms with van der Waals surface area (Å²) >= 11 is 12.0. The summed E-state index contributed by atoms with van der Waals surface area (Å²) in [5, 5.41) is 25.0. The molecular weight excluding hydrogens is 309 g/mol. The van der Waals surface area contributed by atoms with E-state index in [0.29, 0.717) is 28.7 Å². The molecule has 0 saturated heterocycles. The van der Waals surface area contributed by atoms with Gasteiger partial charge in [0.1, 0.15) is 0 Å². The molecule has 0 bridgehead atoms. The lowest BCUT2D eigenvalue weighted by Crippen LogP contribution is -2.41. The summed E-state index contributed by atoms with van der Waals surface area (Å²) in [4.78, 5) is 0. The molecular formula is C16H23Cl2NO2. The monoisotopic (exact) mass is 331 g/mol. The van der Waals surface area contributed by atoms with Gasteiger partial charge in [0.15, 0.2) is 0 Å². The van der Waals surface area contributed by atoms with Crippen LogP contribution in [0.2, 0.25) is 10.0 Å². The summed E-state index contributed by atoms with van der Waals surface area (Å²) in [6.07, 6.45) is 5.46. The molecule has 3 N–H and O–H groups in total. The highest BCUT2D eigenvalue weighted by Crippen LogP contribution is 2.28. The summed E-state index contributed by atoms with van der Waals surface area (Å²) in [5.74, 6) is 0. The molecule has 21 heavy (non-hydrogen) atoms. The van der Waals surface area contributed by atoms with Crippen LogP contribution in [-0.4, -0.2) is 28.9 Å². The van der Waals surface area contributed by atoms with Crippen LogP contribution in [0, 0.1) is 0 Å². The zero-order valence-corrected chi connectivity index (χ0v) is 13.6. The highest BCUT2D eigenvalue weighted by atomic mass is 35.5. The van der Waals surface area contributed by atoms with Crippen molar-refractivity contribution in [1.82, 2.24) is 5.32 Å². The number of rotatable bonds is 5. The minimum Gasteiger partial charge on any atom is -0.389 e. The highest BCUT2D eigenvalue weighted by molar-refractivity contribution is 6.33. The Hall–Kier alpha value is -0.320. The van der Waals surface area contributed by atoms with E-state index in [1.54, 1.807) is 18.2 Å². The molecule has 1 aromatic rings. The summed E-state index contributed by atoms with van der Waals surface area (Å²) in [5.41, 5.74) is -0.0292. The molecule has 0 radical (unpaired) electrons. The fourth-order valence-electron chi connectivity index (χ4n) is 2.88. The minimum atomic E-state index is -0.731. The molecule has 5 heteroatoms. The van der Waals surface area contributed by atoms with Gasteiger partial charge in [0.05, 0.1) is 11.7 Å². The van der Waals surface area contributed by atoms with E-state index in [4.69, 9.17) is 23.2 Å². The number of hydrogen-bond donors (Lipinski definition) is 3. The third-order valence-corrected chi connectivity index (χ3v) is 4.72. The first-order chi connectivity index (χ1) is 10.0. The predicted molar refractivity (Wildman–Crippen MR) is 86.9 cm³/mol. The largest absolute Gasteiger partial charge is 0.389 e. The lowest BCUT2D eigenvalue weighted by Gasteiger charge is -2.27. The molecule has 0 aliphatic heterocycles. The van der Waals surface area contributed by atoms with Crippen LogP contribution >= 0.6 is 23.2 Å². The molecule has 2 rings (SSSR count). The van der Waals surface area contributed by atoms with Crippen molar-refractivity contribution in [2.45, 2.75) is 50.2 Å². The van der Waals surface area contributed by atoms with Crippen LogP contribution in [-0.2, 0) is 0 Å². The maximum Gasteiger partial charge on any atom is 0.0929 e. The van der Waals surface area contributed by atoms with Gasteiger partial charge >= 0.3 is 0 Å². The quantitative estimate of drug-likeness (QED) is 0.721. The van der Waals surface area contributed by atoms with Crippen molar-refractivity contribution < 1.29 is 10.2 Å². The molecule has 118 valence electrons. The molecule has 1 fully saturated rings. The SMILES string of the molecule is OC(CNCC1(O)CCCCCC1)c1cc(Cl)ccc1Cl. The van der Waals surface area contributed by atoms with Crippen molar-refractivity contribution in [3.8, 4) is 0 Å². The van der Waals surface area contributed by atoms with Crippen molar-refractivity contribution in [3.63, 3.8) is 0 Å². The van der Waals surface area contributed by atoms with E-state index in [1.807, 2.05) is 0 Å². The second kappa shape index (κ2) is 7.80. The van der Waals surface area contributed by atoms with Crippen LogP contribution < -0.4 is 5.32 Å². The summed E-state index contributed by atoms with van der Waals surface area (Å²) in [6.45, 7) is 0.852. The molecule has 1 aromatic carbocycles. The van der Waals surface area contributed by atoms with Gasteiger partial charge in [-0.05, 0) is 31.0 Å². The zero-order valence-electron chi connectivity index (χ0n) is 12.1. The van der Waals surface area contributed by atoms with Gasteiger partial charge in [-0.2, -0.15) is 0 Å². The van der Waals surface area contributed by atoms with Gasteiger partial charge in [-0.25, -0.2) is 0 Å². The first-order valence-corrected chi connectivity index (χ1v) is 8.32. The third-order valence-electron chi connectivity index (χ3n) is 4.14. The number of hydrogen-bond acceptors (Lipinski definition) is 3. The Morgan fingerprint density at radius 3 is 2.48 bits per heavy atom. The Bertz CT molecular complexity index is 460. The Balaban J connectivity index is 1.86. The van der Waals surface area contributed by atoms with Crippen molar-refractivity contribution >= 4 is 23.2 Å². The molecule has 0 heterocycles. The molecule has 1 unspecified atom stereocenters. The first kappa shape index (κ1) is 17.0. The fraction of sp³-hybridized carbons (Fsp3) is 0.625. The third kappa shape index (κ3) is 5.11. The van der Waals surface area contributed by atoms with Crippen LogP contribution in [0.15, 0.2) is 18.2 Å². The Labute approximate surface area is 136 Å². The predicted octanol–water partition coefficient (Wildman–Crippen LogP) is 3.70. The topological polar surface area (TPSA) is 52.5 Å². The smallest absolute Gasteiger partial charge is 0.0929 e. The van der Waals surface area contributed by atoms with Crippen molar-refractivity contribution in [1.29, 1.82) is 0 Å². The van der Waals surface area contributed by atoms with Crippen LogP contribution in [0.25, 0.3) is 0 Å². The normalized spacial score (nSPS) is 20.0. The van der Waals surface area contributed by atoms with E-state index in [1.165, 1.54) is 12.8 Å². The van der Waals surface area contributed by atoms with Gasteiger partial charge < -0.3 is 15.5 Å². The van der Waals surface area contributed by atoms with Crippen molar-refractivity contribution in [3.05, 3.63) is 33.8 Å². The van der Waals surface area contributed by atoms with E-state index in [2.05, 4.69) is 5.32 Å². The van der Waals surface area contributed by atoms with Gasteiger partial charge in [0, 0.05) is 28.7 Å². The van der Waals surface area contributed by atoms with Crippen LogP contribution in [0.5, 0.6) is 0 Å². The van der Waals surface area contributed by atoms with Crippen LogP contribution in [0.1, 0.15) is 50.2 Å². The molecule has 0 spiro atoms. The molecule has 1 atom stereocenters. The van der Waals surface area contributed by atoms with Crippen LogP contribution in [0.3, 0.4) is 0 Å². The highest BCUT2D eigenvalue weighted by Gasteiger charge is 2.27. The Kier molecular flexibility index (Phi) is 6.33. The fourth-order valence-corrected chi connectivity index (χ4v) is 3.31. The molecule has 3 nitrogen and oxygen atoms in total. The lowest BCUT2D eigenvalue weighted by atomic mass is 9.94. The van der Waals surface area contributed by atoms with E-state index >= 15 is 0 Å².